The van der Waals surface area contributed by atoms with Crippen LogP contribution < -0.4 is 10.5 Å². The number of hydrogen-bond acceptors (Lipinski definition) is 4. The van der Waals surface area contributed by atoms with Crippen molar-refractivity contribution in [2.75, 3.05) is 12.8 Å². The number of hydrogen-bond donors (Lipinski definition) is 1. The van der Waals surface area contributed by atoms with Crippen molar-refractivity contribution in [1.82, 2.24) is 9.55 Å². The molecule has 0 bridgehead atoms. The minimum Gasteiger partial charge on any atom is -0.497 e. The molecule has 0 amide bonds. The molecule has 2 N–H and O–H groups in total. The summed E-state index contributed by atoms with van der Waals surface area (Å²) in [5, 5.41) is 4.21. The second kappa shape index (κ2) is 4.59. The fourth-order valence-corrected chi connectivity index (χ4v) is 3.03. The van der Waals surface area contributed by atoms with E-state index in [-0.39, 0.29) is 6.04 Å². The monoisotopic (exact) mass is 273 g/mol. The maximum Gasteiger partial charge on any atom is 0.201 e. The van der Waals surface area contributed by atoms with Crippen molar-refractivity contribution < 1.29 is 4.74 Å². The molecule has 1 aromatic carbocycles. The maximum atomic E-state index is 6.07. The average Bonchev–Trinajstić information content (AvgIpc) is 3.03. The van der Waals surface area contributed by atoms with Gasteiger partial charge in [0.25, 0.3) is 0 Å². The minimum absolute atomic E-state index is 0.156. The quantitative estimate of drug-likeness (QED) is 0.796. The van der Waals surface area contributed by atoms with E-state index in [1.165, 1.54) is 5.56 Å². The Balaban J connectivity index is 2.19. The van der Waals surface area contributed by atoms with E-state index in [1.807, 2.05) is 22.8 Å². The van der Waals surface area contributed by atoms with Crippen LogP contribution in [-0.2, 0) is 0 Å². The summed E-state index contributed by atoms with van der Waals surface area (Å²) in [7, 11) is 1.66. The zero-order valence-corrected chi connectivity index (χ0v) is 11.6. The molecule has 0 radical (unpaired) electrons. The standard InChI is InChI=1S/C14H15N3OS/c1-9(10-5-6-19-8-10)17-13-7-11(18-2)3-4-12(13)16-14(17)15/h3-9H,1-2H3,(H2,15,16). The lowest BCUT2D eigenvalue weighted by Crippen LogP contribution is -2.09. The Morgan fingerprint density at radius 2 is 2.21 bits per heavy atom. The number of aromatic nitrogens is 2. The second-order valence-electron chi connectivity index (χ2n) is 4.43. The van der Waals surface area contributed by atoms with Gasteiger partial charge in [-0.05, 0) is 41.4 Å². The predicted molar refractivity (Wildman–Crippen MR) is 78.8 cm³/mol. The van der Waals surface area contributed by atoms with Gasteiger partial charge in [0.2, 0.25) is 5.95 Å². The topological polar surface area (TPSA) is 53.1 Å². The van der Waals surface area contributed by atoms with E-state index in [2.05, 4.69) is 28.7 Å². The van der Waals surface area contributed by atoms with Crippen molar-refractivity contribution >= 4 is 28.3 Å². The molecule has 19 heavy (non-hydrogen) atoms. The first-order valence-corrected chi connectivity index (χ1v) is 6.98. The number of fused-ring (bicyclic) bond motifs is 1. The summed E-state index contributed by atoms with van der Waals surface area (Å²) >= 11 is 1.68. The summed E-state index contributed by atoms with van der Waals surface area (Å²) in [6.45, 7) is 2.12. The lowest BCUT2D eigenvalue weighted by Gasteiger charge is -2.15. The van der Waals surface area contributed by atoms with E-state index >= 15 is 0 Å². The number of rotatable bonds is 3. The third-order valence-electron chi connectivity index (χ3n) is 3.34. The fourth-order valence-electron chi connectivity index (χ4n) is 2.29. The Hall–Kier alpha value is -2.01. The molecule has 5 heteroatoms. The molecular formula is C14H15N3OS. The van der Waals surface area contributed by atoms with Crippen molar-refractivity contribution in [2.45, 2.75) is 13.0 Å². The van der Waals surface area contributed by atoms with Gasteiger partial charge in [-0.1, -0.05) is 0 Å². The van der Waals surface area contributed by atoms with Gasteiger partial charge < -0.3 is 15.0 Å². The van der Waals surface area contributed by atoms with Gasteiger partial charge in [-0.3, -0.25) is 0 Å². The highest BCUT2D eigenvalue weighted by molar-refractivity contribution is 7.07. The van der Waals surface area contributed by atoms with Crippen LogP contribution in [0.25, 0.3) is 11.0 Å². The van der Waals surface area contributed by atoms with Crippen molar-refractivity contribution in [1.29, 1.82) is 0 Å². The van der Waals surface area contributed by atoms with Gasteiger partial charge in [0.1, 0.15) is 5.75 Å². The third kappa shape index (κ3) is 1.96. The molecule has 2 aromatic heterocycles. The van der Waals surface area contributed by atoms with E-state index in [0.29, 0.717) is 5.95 Å². The molecule has 1 unspecified atom stereocenters. The van der Waals surface area contributed by atoms with Crippen molar-refractivity contribution in [2.24, 2.45) is 0 Å². The Morgan fingerprint density at radius 3 is 2.89 bits per heavy atom. The molecule has 4 nitrogen and oxygen atoms in total. The smallest absolute Gasteiger partial charge is 0.201 e. The highest BCUT2D eigenvalue weighted by Gasteiger charge is 2.16. The Bertz CT molecular complexity index is 703. The van der Waals surface area contributed by atoms with E-state index in [0.717, 1.165) is 16.8 Å². The van der Waals surface area contributed by atoms with Crippen molar-refractivity contribution in [3.8, 4) is 5.75 Å². The summed E-state index contributed by atoms with van der Waals surface area (Å²) in [6, 6.07) is 8.07. The molecule has 0 saturated heterocycles. The van der Waals surface area contributed by atoms with Crippen LogP contribution in [0.4, 0.5) is 5.95 Å². The second-order valence-corrected chi connectivity index (χ2v) is 5.21. The van der Waals surface area contributed by atoms with Gasteiger partial charge in [0.15, 0.2) is 0 Å². The van der Waals surface area contributed by atoms with E-state index in [1.54, 1.807) is 18.4 Å². The molecule has 3 rings (SSSR count). The maximum absolute atomic E-state index is 6.07. The highest BCUT2D eigenvalue weighted by atomic mass is 32.1. The zero-order valence-electron chi connectivity index (χ0n) is 10.8. The molecule has 98 valence electrons. The van der Waals surface area contributed by atoms with Gasteiger partial charge in [0, 0.05) is 6.07 Å². The number of nitrogens with two attached hydrogens (primary N) is 1. The Kier molecular flexibility index (Phi) is 2.91. The number of imidazole rings is 1. The van der Waals surface area contributed by atoms with Crippen LogP contribution in [0.3, 0.4) is 0 Å². The molecule has 2 heterocycles. The summed E-state index contributed by atoms with van der Waals surface area (Å²) in [4.78, 5) is 4.41. The molecular weight excluding hydrogens is 258 g/mol. The van der Waals surface area contributed by atoms with Crippen LogP contribution in [-0.4, -0.2) is 16.7 Å². The van der Waals surface area contributed by atoms with Crippen LogP contribution in [0.1, 0.15) is 18.5 Å². The van der Waals surface area contributed by atoms with Crippen LogP contribution in [0.2, 0.25) is 0 Å². The Morgan fingerprint density at radius 1 is 1.37 bits per heavy atom. The molecule has 0 fully saturated rings. The number of nitrogens with zero attached hydrogens (tertiary/aromatic N) is 2. The van der Waals surface area contributed by atoms with Gasteiger partial charge in [-0.25, -0.2) is 4.98 Å². The molecule has 3 aromatic rings. The number of ether oxygens (including phenoxy) is 1. The summed E-state index contributed by atoms with van der Waals surface area (Å²) < 4.78 is 7.32. The molecule has 0 aliphatic carbocycles. The highest BCUT2D eigenvalue weighted by Crippen LogP contribution is 2.30. The van der Waals surface area contributed by atoms with Crippen LogP contribution in [0.15, 0.2) is 35.0 Å². The van der Waals surface area contributed by atoms with Crippen LogP contribution in [0.5, 0.6) is 5.75 Å². The van der Waals surface area contributed by atoms with E-state index in [9.17, 15) is 0 Å². The number of anilines is 1. The van der Waals surface area contributed by atoms with Crippen LogP contribution >= 0.6 is 11.3 Å². The first-order valence-electron chi connectivity index (χ1n) is 6.04. The third-order valence-corrected chi connectivity index (χ3v) is 4.04. The number of nitrogen functional groups attached to an aromatic ring is 1. The first-order chi connectivity index (χ1) is 9.20. The number of thiophene rings is 1. The average molecular weight is 273 g/mol. The summed E-state index contributed by atoms with van der Waals surface area (Å²) in [6.07, 6.45) is 0. The van der Waals surface area contributed by atoms with Gasteiger partial charge in [-0.15, -0.1) is 0 Å². The molecule has 1 atom stereocenters. The summed E-state index contributed by atoms with van der Waals surface area (Å²) in [5.41, 5.74) is 9.19. The lowest BCUT2D eigenvalue weighted by molar-refractivity contribution is 0.415. The SMILES string of the molecule is COc1ccc2nc(N)n(C(C)c3ccsc3)c2c1. The molecule has 0 saturated carbocycles. The fraction of sp³-hybridized carbons (Fsp3) is 0.214. The van der Waals surface area contributed by atoms with Gasteiger partial charge in [0.05, 0.1) is 24.2 Å². The normalized spacial score (nSPS) is 12.7. The van der Waals surface area contributed by atoms with Crippen molar-refractivity contribution in [3.63, 3.8) is 0 Å². The van der Waals surface area contributed by atoms with Crippen LogP contribution in [0, 0.1) is 0 Å². The predicted octanol–water partition coefficient (Wildman–Crippen LogP) is 3.30. The summed E-state index contributed by atoms with van der Waals surface area (Å²) in [5.74, 6) is 1.34. The molecule has 0 aliphatic rings. The number of methoxy groups -OCH3 is 1. The number of benzene rings is 1. The van der Waals surface area contributed by atoms with E-state index in [4.69, 9.17) is 10.5 Å². The first kappa shape index (κ1) is 12.0. The largest absolute Gasteiger partial charge is 0.497 e. The lowest BCUT2D eigenvalue weighted by atomic mass is 10.1. The van der Waals surface area contributed by atoms with E-state index < -0.39 is 0 Å². The minimum atomic E-state index is 0.156. The zero-order chi connectivity index (χ0) is 13.4. The van der Waals surface area contributed by atoms with Gasteiger partial charge >= 0.3 is 0 Å². The Labute approximate surface area is 115 Å². The molecule has 0 spiro atoms. The van der Waals surface area contributed by atoms with Crippen molar-refractivity contribution in [3.05, 3.63) is 40.6 Å². The molecule has 0 aliphatic heterocycles. The van der Waals surface area contributed by atoms with Gasteiger partial charge in [-0.2, -0.15) is 11.3 Å².